The molecule has 0 aliphatic heterocycles. The summed E-state index contributed by atoms with van der Waals surface area (Å²) in [5.41, 5.74) is 0.720. The SMILES string of the molecule is N#Cc1ccc(SCC2CCCC2)c(Br)c1. The van der Waals surface area contributed by atoms with Crippen molar-refractivity contribution in [1.82, 2.24) is 0 Å². The van der Waals surface area contributed by atoms with Crippen molar-refractivity contribution in [3.05, 3.63) is 28.2 Å². The average Bonchev–Trinajstić information content (AvgIpc) is 2.80. The van der Waals surface area contributed by atoms with Crippen LogP contribution in [0.15, 0.2) is 27.6 Å². The van der Waals surface area contributed by atoms with E-state index in [0.29, 0.717) is 0 Å². The zero-order chi connectivity index (χ0) is 11.4. The van der Waals surface area contributed by atoms with Crippen molar-refractivity contribution in [3.63, 3.8) is 0 Å². The summed E-state index contributed by atoms with van der Waals surface area (Å²) in [4.78, 5) is 1.26. The third-order valence-electron chi connectivity index (χ3n) is 3.01. The van der Waals surface area contributed by atoms with Crippen LogP contribution in [-0.4, -0.2) is 5.75 Å². The molecule has 1 aliphatic carbocycles. The van der Waals surface area contributed by atoms with E-state index in [2.05, 4.69) is 22.0 Å². The van der Waals surface area contributed by atoms with Crippen molar-refractivity contribution in [2.24, 2.45) is 5.92 Å². The second kappa shape index (κ2) is 5.75. The summed E-state index contributed by atoms with van der Waals surface area (Å²) < 4.78 is 1.05. The highest BCUT2D eigenvalue weighted by Gasteiger charge is 2.15. The highest BCUT2D eigenvalue weighted by Crippen LogP contribution is 2.34. The van der Waals surface area contributed by atoms with Gasteiger partial charge in [0, 0.05) is 15.1 Å². The Bertz CT molecular complexity index is 405. The van der Waals surface area contributed by atoms with Gasteiger partial charge in [0.15, 0.2) is 0 Å². The number of hydrogen-bond acceptors (Lipinski definition) is 2. The highest BCUT2D eigenvalue weighted by molar-refractivity contribution is 9.10. The number of hydrogen-bond donors (Lipinski definition) is 0. The molecule has 1 aliphatic rings. The van der Waals surface area contributed by atoms with Crippen LogP contribution in [-0.2, 0) is 0 Å². The minimum Gasteiger partial charge on any atom is -0.192 e. The highest BCUT2D eigenvalue weighted by atomic mass is 79.9. The maximum Gasteiger partial charge on any atom is 0.0992 e. The van der Waals surface area contributed by atoms with Gasteiger partial charge in [-0.1, -0.05) is 12.8 Å². The molecule has 0 radical (unpaired) electrons. The molecule has 0 N–H and O–H groups in total. The second-order valence-corrected chi connectivity index (χ2v) is 6.13. The molecule has 0 saturated heterocycles. The van der Waals surface area contributed by atoms with E-state index in [-0.39, 0.29) is 0 Å². The van der Waals surface area contributed by atoms with Crippen LogP contribution < -0.4 is 0 Å². The first-order valence-electron chi connectivity index (χ1n) is 5.62. The summed E-state index contributed by atoms with van der Waals surface area (Å²) in [7, 11) is 0. The molecule has 0 unspecified atom stereocenters. The smallest absolute Gasteiger partial charge is 0.0992 e. The van der Waals surface area contributed by atoms with Gasteiger partial charge in [0.2, 0.25) is 0 Å². The third kappa shape index (κ3) is 3.02. The van der Waals surface area contributed by atoms with Gasteiger partial charge >= 0.3 is 0 Å². The van der Waals surface area contributed by atoms with E-state index in [4.69, 9.17) is 5.26 Å². The van der Waals surface area contributed by atoms with Crippen molar-refractivity contribution >= 4 is 27.7 Å². The molecule has 3 heteroatoms. The first-order valence-corrected chi connectivity index (χ1v) is 7.40. The topological polar surface area (TPSA) is 23.8 Å². The van der Waals surface area contributed by atoms with Gasteiger partial charge in [0.1, 0.15) is 0 Å². The van der Waals surface area contributed by atoms with E-state index in [0.717, 1.165) is 16.0 Å². The molecule has 0 heterocycles. The number of nitriles is 1. The minimum atomic E-state index is 0.720. The molecule has 1 aromatic rings. The van der Waals surface area contributed by atoms with E-state index in [1.54, 1.807) is 0 Å². The lowest BCUT2D eigenvalue weighted by molar-refractivity contribution is 0.623. The molecule has 0 bridgehead atoms. The van der Waals surface area contributed by atoms with Crippen molar-refractivity contribution in [2.75, 3.05) is 5.75 Å². The van der Waals surface area contributed by atoms with E-state index < -0.39 is 0 Å². The zero-order valence-electron chi connectivity index (χ0n) is 9.08. The van der Waals surface area contributed by atoms with Gasteiger partial charge in [-0.3, -0.25) is 0 Å². The molecule has 0 amide bonds. The molecule has 1 saturated carbocycles. The molecule has 1 aromatic carbocycles. The largest absolute Gasteiger partial charge is 0.192 e. The summed E-state index contributed by atoms with van der Waals surface area (Å²) in [6, 6.07) is 7.99. The minimum absolute atomic E-state index is 0.720. The van der Waals surface area contributed by atoms with E-state index >= 15 is 0 Å². The van der Waals surface area contributed by atoms with Crippen LogP contribution in [0.1, 0.15) is 31.2 Å². The molecule has 16 heavy (non-hydrogen) atoms. The standard InChI is InChI=1S/C13H14BrNS/c14-12-7-11(8-15)5-6-13(12)16-9-10-3-1-2-4-10/h5-7,10H,1-4,9H2. The van der Waals surface area contributed by atoms with Gasteiger partial charge < -0.3 is 0 Å². The maximum atomic E-state index is 8.78. The lowest BCUT2D eigenvalue weighted by atomic mass is 10.1. The molecule has 0 atom stereocenters. The molecular formula is C13H14BrNS. The molecule has 0 aromatic heterocycles. The predicted octanol–water partition coefficient (Wildman–Crippen LogP) is 4.60. The van der Waals surface area contributed by atoms with E-state index in [1.807, 2.05) is 30.0 Å². The first kappa shape index (κ1) is 12.0. The van der Waals surface area contributed by atoms with E-state index in [1.165, 1.54) is 36.3 Å². The summed E-state index contributed by atoms with van der Waals surface area (Å²) >= 11 is 5.43. The Morgan fingerprint density at radius 3 is 2.75 bits per heavy atom. The normalized spacial score (nSPS) is 16.2. The molecule has 1 fully saturated rings. The van der Waals surface area contributed by atoms with Crippen LogP contribution in [0, 0.1) is 17.2 Å². The summed E-state index contributed by atoms with van der Waals surface area (Å²) in [6.07, 6.45) is 5.58. The molecule has 1 nitrogen and oxygen atoms in total. The maximum absolute atomic E-state index is 8.78. The van der Waals surface area contributed by atoms with Gasteiger partial charge in [0.25, 0.3) is 0 Å². The van der Waals surface area contributed by atoms with Crippen LogP contribution in [0.25, 0.3) is 0 Å². The molecule has 84 valence electrons. The molecular weight excluding hydrogens is 282 g/mol. The van der Waals surface area contributed by atoms with E-state index in [9.17, 15) is 0 Å². The Hall–Kier alpha value is -0.460. The Morgan fingerprint density at radius 1 is 1.38 bits per heavy atom. The Morgan fingerprint density at radius 2 is 2.12 bits per heavy atom. The van der Waals surface area contributed by atoms with Gasteiger partial charge in [-0.05, 0) is 52.9 Å². The fourth-order valence-electron chi connectivity index (χ4n) is 2.07. The number of thioether (sulfide) groups is 1. The van der Waals surface area contributed by atoms with Crippen molar-refractivity contribution < 1.29 is 0 Å². The number of nitrogens with zero attached hydrogens (tertiary/aromatic N) is 1. The van der Waals surface area contributed by atoms with Crippen molar-refractivity contribution in [3.8, 4) is 6.07 Å². The third-order valence-corrected chi connectivity index (χ3v) is 5.23. The zero-order valence-corrected chi connectivity index (χ0v) is 11.5. The lowest BCUT2D eigenvalue weighted by Gasteiger charge is -2.09. The van der Waals surface area contributed by atoms with Gasteiger partial charge in [-0.15, -0.1) is 11.8 Å². The Labute approximate surface area is 109 Å². The average molecular weight is 296 g/mol. The summed E-state index contributed by atoms with van der Waals surface area (Å²) in [5.74, 6) is 2.11. The quantitative estimate of drug-likeness (QED) is 0.761. The summed E-state index contributed by atoms with van der Waals surface area (Å²) in [5, 5.41) is 8.78. The van der Waals surface area contributed by atoms with Crippen LogP contribution in [0.2, 0.25) is 0 Å². The Kier molecular flexibility index (Phi) is 4.31. The van der Waals surface area contributed by atoms with Gasteiger partial charge in [0.05, 0.1) is 11.6 Å². The second-order valence-electron chi connectivity index (χ2n) is 4.22. The van der Waals surface area contributed by atoms with Crippen molar-refractivity contribution in [2.45, 2.75) is 30.6 Å². The van der Waals surface area contributed by atoms with Crippen LogP contribution in [0.4, 0.5) is 0 Å². The van der Waals surface area contributed by atoms with Crippen LogP contribution >= 0.6 is 27.7 Å². The monoisotopic (exact) mass is 295 g/mol. The van der Waals surface area contributed by atoms with Crippen molar-refractivity contribution in [1.29, 1.82) is 5.26 Å². The summed E-state index contributed by atoms with van der Waals surface area (Å²) in [6.45, 7) is 0. The Balaban J connectivity index is 1.96. The number of benzene rings is 1. The van der Waals surface area contributed by atoms with Crippen LogP contribution in [0.3, 0.4) is 0 Å². The number of halogens is 1. The fourth-order valence-corrected chi connectivity index (χ4v) is 3.90. The first-order chi connectivity index (χ1) is 7.79. The van der Waals surface area contributed by atoms with Crippen LogP contribution in [0.5, 0.6) is 0 Å². The van der Waals surface area contributed by atoms with Gasteiger partial charge in [-0.25, -0.2) is 0 Å². The molecule has 0 spiro atoms. The lowest BCUT2D eigenvalue weighted by Crippen LogP contribution is -1.96. The fraction of sp³-hybridized carbons (Fsp3) is 0.462. The number of rotatable bonds is 3. The van der Waals surface area contributed by atoms with Gasteiger partial charge in [-0.2, -0.15) is 5.26 Å². The molecule has 2 rings (SSSR count). The predicted molar refractivity (Wildman–Crippen MR) is 71.5 cm³/mol.